The maximum atomic E-state index is 13.2. The van der Waals surface area contributed by atoms with Gasteiger partial charge < -0.3 is 19.2 Å². The number of fused-ring (bicyclic) bond motifs is 2. The van der Waals surface area contributed by atoms with Crippen LogP contribution in [-0.2, 0) is 18.5 Å². The van der Waals surface area contributed by atoms with Gasteiger partial charge in [-0.05, 0) is 68.2 Å². The summed E-state index contributed by atoms with van der Waals surface area (Å²) in [6.45, 7) is 9.40. The van der Waals surface area contributed by atoms with E-state index in [1.165, 1.54) is 24.6 Å². The minimum absolute atomic E-state index is 0.0801. The van der Waals surface area contributed by atoms with Crippen molar-refractivity contribution in [3.8, 4) is 0 Å². The Morgan fingerprint density at radius 2 is 1.87 bits per heavy atom. The third kappa shape index (κ3) is 6.00. The maximum Gasteiger partial charge on any atom is 0.256 e. The number of aryl methyl sites for hydroxylation is 1. The smallest absolute Gasteiger partial charge is 0.256 e. The minimum Gasteiger partial charge on any atom is -0.361 e. The van der Waals surface area contributed by atoms with Crippen molar-refractivity contribution in [3.05, 3.63) is 70.3 Å². The van der Waals surface area contributed by atoms with Gasteiger partial charge in [-0.1, -0.05) is 26.1 Å². The molecule has 1 fully saturated rings. The van der Waals surface area contributed by atoms with Crippen LogP contribution in [-0.4, -0.2) is 53.2 Å². The van der Waals surface area contributed by atoms with Gasteiger partial charge in [-0.25, -0.2) is 4.98 Å². The molecule has 5 rings (SSSR count). The predicted molar refractivity (Wildman–Crippen MR) is 160 cm³/mol. The first-order chi connectivity index (χ1) is 18.6. The number of anilines is 1. The van der Waals surface area contributed by atoms with Crippen molar-refractivity contribution in [1.82, 2.24) is 19.0 Å². The van der Waals surface area contributed by atoms with E-state index in [0.29, 0.717) is 24.2 Å². The molecule has 39 heavy (non-hydrogen) atoms. The Balaban J connectivity index is 1.43. The topological polar surface area (TPSA) is 81.4 Å². The fourth-order valence-electron chi connectivity index (χ4n) is 5.36. The summed E-state index contributed by atoms with van der Waals surface area (Å²) in [5, 5.41) is 4.85. The summed E-state index contributed by atoms with van der Waals surface area (Å²) < 4.78 is 10.1. The molecule has 1 saturated heterocycles. The molecule has 1 aliphatic heterocycles. The van der Waals surface area contributed by atoms with Gasteiger partial charge in [0.05, 0.1) is 11.0 Å². The molecule has 4 heterocycles. The van der Waals surface area contributed by atoms with Crippen molar-refractivity contribution in [2.75, 3.05) is 25.5 Å². The first kappa shape index (κ1) is 27.3. The number of nitrogens with one attached hydrogen (secondary N) is 1. The van der Waals surface area contributed by atoms with Crippen molar-refractivity contribution < 1.29 is 9.53 Å². The van der Waals surface area contributed by atoms with Crippen molar-refractivity contribution in [3.63, 3.8) is 0 Å². The van der Waals surface area contributed by atoms with Gasteiger partial charge >= 0.3 is 0 Å². The van der Waals surface area contributed by atoms with Crippen LogP contribution in [0.5, 0.6) is 0 Å². The zero-order valence-electron chi connectivity index (χ0n) is 23.7. The highest BCUT2D eigenvalue weighted by molar-refractivity contribution is 6.76. The van der Waals surface area contributed by atoms with Crippen LogP contribution in [0.4, 0.5) is 5.82 Å². The Labute approximate surface area is 230 Å². The van der Waals surface area contributed by atoms with E-state index in [0.717, 1.165) is 47.4 Å². The standard InChI is InChI=1S/C30H39N5O3Si/c1-33-13-7-6-8-25(33)27-17-23-19-31-28(18-26(23)35(27)20-38-14-15-39(3,4)5)32-30(37)22-9-11-24-21(16-22)10-12-29(36)34(24)2/h9-12,16-19,25H,6-8,13-15,20H2,1-5H3,(H,31,32,37)/t25-/m1/s1. The van der Waals surface area contributed by atoms with E-state index in [-0.39, 0.29) is 11.5 Å². The summed E-state index contributed by atoms with van der Waals surface area (Å²) >= 11 is 0. The quantitative estimate of drug-likeness (QED) is 0.230. The summed E-state index contributed by atoms with van der Waals surface area (Å²) in [7, 11) is 2.74. The third-order valence-electron chi connectivity index (χ3n) is 7.78. The Bertz CT molecular complexity index is 1570. The van der Waals surface area contributed by atoms with E-state index in [2.05, 4.69) is 52.5 Å². The number of piperidine rings is 1. The second-order valence-electron chi connectivity index (χ2n) is 11.9. The van der Waals surface area contributed by atoms with E-state index < -0.39 is 8.07 Å². The number of carbonyl (C=O) groups excluding carboxylic acids is 1. The number of carbonyl (C=O) groups is 1. The van der Waals surface area contributed by atoms with Gasteiger partial charge in [0.2, 0.25) is 0 Å². The highest BCUT2D eigenvalue weighted by Crippen LogP contribution is 2.34. The molecular formula is C30H39N5O3Si. The number of hydrogen-bond donors (Lipinski definition) is 1. The summed E-state index contributed by atoms with van der Waals surface area (Å²) in [4.78, 5) is 32.1. The highest BCUT2D eigenvalue weighted by atomic mass is 28.3. The molecule has 0 radical (unpaired) electrons. The number of aromatic nitrogens is 3. The number of ether oxygens (including phenoxy) is 1. The van der Waals surface area contributed by atoms with Crippen LogP contribution < -0.4 is 10.9 Å². The monoisotopic (exact) mass is 545 g/mol. The summed E-state index contributed by atoms with van der Waals surface area (Å²) in [6, 6.07) is 14.2. The van der Waals surface area contributed by atoms with Crippen LogP contribution in [0.25, 0.3) is 21.8 Å². The van der Waals surface area contributed by atoms with Crippen molar-refractivity contribution >= 4 is 41.6 Å². The van der Waals surface area contributed by atoms with Gasteiger partial charge in [0.1, 0.15) is 12.5 Å². The summed E-state index contributed by atoms with van der Waals surface area (Å²) in [5.74, 6) is 0.257. The first-order valence-corrected chi connectivity index (χ1v) is 17.5. The second kappa shape index (κ2) is 11.1. The largest absolute Gasteiger partial charge is 0.361 e. The summed E-state index contributed by atoms with van der Waals surface area (Å²) in [5.41, 5.74) is 3.47. The molecule has 9 heteroatoms. The number of pyridine rings is 2. The van der Waals surface area contributed by atoms with E-state index in [1.807, 2.05) is 12.3 Å². The molecule has 206 valence electrons. The fourth-order valence-corrected chi connectivity index (χ4v) is 6.12. The van der Waals surface area contributed by atoms with Crippen LogP contribution in [0.15, 0.2) is 53.5 Å². The predicted octanol–water partition coefficient (Wildman–Crippen LogP) is 5.61. The maximum absolute atomic E-state index is 13.2. The number of benzene rings is 1. The lowest BCUT2D eigenvalue weighted by molar-refractivity contribution is 0.0820. The number of amides is 1. The average molecular weight is 546 g/mol. The van der Waals surface area contributed by atoms with Gasteiger partial charge in [-0.3, -0.25) is 14.5 Å². The molecule has 0 bridgehead atoms. The Hall–Kier alpha value is -3.27. The Morgan fingerprint density at radius 3 is 2.64 bits per heavy atom. The Kier molecular flexibility index (Phi) is 7.75. The van der Waals surface area contributed by atoms with Crippen LogP contribution in [0.2, 0.25) is 25.7 Å². The second-order valence-corrected chi connectivity index (χ2v) is 17.5. The molecule has 0 aliphatic carbocycles. The lowest BCUT2D eigenvalue weighted by Gasteiger charge is -2.33. The fraction of sp³-hybridized carbons (Fsp3) is 0.433. The highest BCUT2D eigenvalue weighted by Gasteiger charge is 2.25. The number of hydrogen-bond acceptors (Lipinski definition) is 5. The molecule has 8 nitrogen and oxygen atoms in total. The Morgan fingerprint density at radius 1 is 1.05 bits per heavy atom. The van der Waals surface area contributed by atoms with Crippen LogP contribution in [0, 0.1) is 0 Å². The first-order valence-electron chi connectivity index (χ1n) is 13.8. The normalized spacial score (nSPS) is 16.7. The molecule has 0 saturated carbocycles. The molecule has 1 aromatic carbocycles. The molecule has 3 aromatic heterocycles. The van der Waals surface area contributed by atoms with Gasteiger partial charge in [-0.15, -0.1) is 0 Å². The average Bonchev–Trinajstić information content (AvgIpc) is 3.25. The molecule has 0 unspecified atom stereocenters. The number of likely N-dealkylation sites (tertiary alicyclic amines) is 1. The van der Waals surface area contributed by atoms with E-state index >= 15 is 0 Å². The number of rotatable bonds is 8. The lowest BCUT2D eigenvalue weighted by Crippen LogP contribution is -2.31. The zero-order chi connectivity index (χ0) is 27.7. The van der Waals surface area contributed by atoms with E-state index in [1.54, 1.807) is 35.9 Å². The van der Waals surface area contributed by atoms with Gasteiger partial charge in [-0.2, -0.15) is 0 Å². The molecule has 1 atom stereocenters. The molecule has 1 N–H and O–H groups in total. The van der Waals surface area contributed by atoms with Crippen molar-refractivity contribution in [2.24, 2.45) is 7.05 Å². The molecule has 1 amide bonds. The van der Waals surface area contributed by atoms with Crippen LogP contribution in [0.3, 0.4) is 0 Å². The number of nitrogens with zero attached hydrogens (tertiary/aromatic N) is 4. The van der Waals surface area contributed by atoms with E-state index in [4.69, 9.17) is 4.74 Å². The van der Waals surface area contributed by atoms with Gasteiger partial charge in [0, 0.05) is 62.7 Å². The third-order valence-corrected chi connectivity index (χ3v) is 9.48. The zero-order valence-corrected chi connectivity index (χ0v) is 24.7. The molecule has 0 spiro atoms. The minimum atomic E-state index is -1.19. The van der Waals surface area contributed by atoms with Crippen molar-refractivity contribution in [1.29, 1.82) is 0 Å². The van der Waals surface area contributed by atoms with Crippen LogP contribution >= 0.6 is 0 Å². The van der Waals surface area contributed by atoms with Gasteiger partial charge in [0.15, 0.2) is 0 Å². The summed E-state index contributed by atoms with van der Waals surface area (Å²) in [6.07, 6.45) is 5.40. The molecule has 4 aromatic rings. The molecule has 1 aliphatic rings. The van der Waals surface area contributed by atoms with Crippen LogP contribution in [0.1, 0.15) is 41.4 Å². The van der Waals surface area contributed by atoms with Crippen molar-refractivity contribution in [2.45, 2.75) is 57.7 Å². The SMILES string of the molecule is CN1CCCC[C@@H]1c1cc2cnc(NC(=O)c3ccc4c(ccc(=O)n4C)c3)cc2n1COCC[Si](C)(C)C. The van der Waals surface area contributed by atoms with E-state index in [9.17, 15) is 9.59 Å². The molecular weight excluding hydrogens is 506 g/mol. The lowest BCUT2D eigenvalue weighted by atomic mass is 10.00. The van der Waals surface area contributed by atoms with Gasteiger partial charge in [0.25, 0.3) is 11.5 Å².